The molecule has 2 amide bonds. The number of hydrogen-bond acceptors (Lipinski definition) is 6. The Labute approximate surface area is 262 Å². The third-order valence-corrected chi connectivity index (χ3v) is 9.54. The van der Waals surface area contributed by atoms with Gasteiger partial charge in [0.1, 0.15) is 10.8 Å². The van der Waals surface area contributed by atoms with Crippen LogP contribution in [0.25, 0.3) is 31.6 Å². The van der Waals surface area contributed by atoms with Crippen LogP contribution in [0.15, 0.2) is 91.0 Å². The monoisotopic (exact) mass is 618 g/mol. The van der Waals surface area contributed by atoms with Crippen LogP contribution in [0, 0.1) is 6.92 Å². The number of alkyl halides is 1. The van der Waals surface area contributed by atoms with Crippen LogP contribution >= 0.6 is 22.9 Å². The molecule has 218 valence electrons. The molecule has 5 aromatic carbocycles. The molecule has 0 saturated carbocycles. The van der Waals surface area contributed by atoms with Gasteiger partial charge in [-0.15, -0.1) is 22.9 Å². The topological polar surface area (TPSA) is 109 Å². The van der Waals surface area contributed by atoms with E-state index in [2.05, 4.69) is 5.32 Å². The SMILES string of the molecule is Cc1cccc2c(O)cc3c(c12)C(CCl)CN3C(=O)c1ccc2nc(-c3ccc(NC(=O)c4ccc(N)cc4)cc3)sc2c1. The Bertz CT molecular complexity index is 2090. The molecule has 1 atom stereocenters. The van der Waals surface area contributed by atoms with Crippen molar-refractivity contribution < 1.29 is 14.7 Å². The molecule has 6 aromatic rings. The lowest BCUT2D eigenvalue weighted by Crippen LogP contribution is -2.30. The molecule has 0 fully saturated rings. The van der Waals surface area contributed by atoms with Gasteiger partial charge in [-0.3, -0.25) is 9.59 Å². The maximum absolute atomic E-state index is 13.9. The van der Waals surface area contributed by atoms with Crippen molar-refractivity contribution in [2.75, 3.05) is 28.4 Å². The van der Waals surface area contributed by atoms with E-state index >= 15 is 0 Å². The molecule has 1 aliphatic rings. The zero-order chi connectivity index (χ0) is 30.5. The molecule has 7 rings (SSSR count). The van der Waals surface area contributed by atoms with Crippen molar-refractivity contribution in [1.29, 1.82) is 0 Å². The number of carbonyl (C=O) groups is 2. The number of hydrogen-bond donors (Lipinski definition) is 3. The molecule has 0 aliphatic carbocycles. The number of fused-ring (bicyclic) bond motifs is 4. The van der Waals surface area contributed by atoms with Crippen LogP contribution in [0.1, 0.15) is 37.8 Å². The van der Waals surface area contributed by atoms with Gasteiger partial charge in [-0.05, 0) is 90.2 Å². The normalized spacial score (nSPS) is 14.2. The highest BCUT2D eigenvalue weighted by Crippen LogP contribution is 2.46. The van der Waals surface area contributed by atoms with E-state index in [1.807, 2.05) is 61.5 Å². The highest BCUT2D eigenvalue weighted by atomic mass is 35.5. The predicted molar refractivity (Wildman–Crippen MR) is 179 cm³/mol. The molecule has 44 heavy (non-hydrogen) atoms. The number of phenols is 1. The molecular weight excluding hydrogens is 592 g/mol. The molecule has 1 aromatic heterocycles. The number of anilines is 3. The first kappa shape index (κ1) is 27.9. The fourth-order valence-electron chi connectivity index (χ4n) is 5.89. The second-order valence-corrected chi connectivity index (χ2v) is 12.3. The third kappa shape index (κ3) is 4.82. The minimum absolute atomic E-state index is 0.0437. The van der Waals surface area contributed by atoms with E-state index in [0.29, 0.717) is 40.6 Å². The van der Waals surface area contributed by atoms with E-state index < -0.39 is 0 Å². The minimum Gasteiger partial charge on any atom is -0.507 e. The second-order valence-electron chi connectivity index (χ2n) is 10.9. The zero-order valence-corrected chi connectivity index (χ0v) is 25.2. The summed E-state index contributed by atoms with van der Waals surface area (Å²) in [4.78, 5) is 33.0. The maximum atomic E-state index is 13.9. The van der Waals surface area contributed by atoms with Crippen molar-refractivity contribution in [2.45, 2.75) is 12.8 Å². The highest BCUT2D eigenvalue weighted by molar-refractivity contribution is 7.21. The van der Waals surface area contributed by atoms with E-state index in [4.69, 9.17) is 22.3 Å². The molecule has 0 bridgehead atoms. The molecule has 9 heteroatoms. The Morgan fingerprint density at radius 2 is 1.77 bits per heavy atom. The average molecular weight is 619 g/mol. The molecule has 0 saturated heterocycles. The van der Waals surface area contributed by atoms with Crippen molar-refractivity contribution in [1.82, 2.24) is 4.98 Å². The van der Waals surface area contributed by atoms with E-state index in [9.17, 15) is 14.7 Å². The van der Waals surface area contributed by atoms with Gasteiger partial charge in [-0.25, -0.2) is 4.98 Å². The summed E-state index contributed by atoms with van der Waals surface area (Å²) in [5.74, 6) is 0.105. The summed E-state index contributed by atoms with van der Waals surface area (Å²) in [6.45, 7) is 2.45. The van der Waals surface area contributed by atoms with Crippen molar-refractivity contribution in [3.63, 3.8) is 0 Å². The van der Waals surface area contributed by atoms with Gasteiger partial charge in [0.05, 0.1) is 15.9 Å². The standard InChI is InChI=1S/C35H27ClN4O3S/c1-19-3-2-4-26-29(41)16-28-32(31(19)26)23(17-36)18-40(28)35(43)22-9-14-27-30(15-22)44-34(39-27)21-7-12-25(13-8-21)38-33(42)20-5-10-24(37)11-6-20/h2-16,23,41H,17-18,37H2,1H3,(H,38,42). The van der Waals surface area contributed by atoms with Crippen molar-refractivity contribution in [2.24, 2.45) is 0 Å². The number of nitrogen functional groups attached to an aromatic ring is 1. The number of phenolic OH excluding ortho intramolecular Hbond substituents is 1. The summed E-state index contributed by atoms with van der Waals surface area (Å²) in [7, 11) is 0. The number of aryl methyl sites for hydroxylation is 1. The van der Waals surface area contributed by atoms with Crippen LogP contribution in [-0.4, -0.2) is 34.3 Å². The van der Waals surface area contributed by atoms with Crippen LogP contribution in [0.3, 0.4) is 0 Å². The fraction of sp³-hybridized carbons (Fsp3) is 0.114. The van der Waals surface area contributed by atoms with E-state index in [1.54, 1.807) is 41.3 Å². The Kier molecular flexibility index (Phi) is 6.95. The summed E-state index contributed by atoms with van der Waals surface area (Å²) in [5, 5.41) is 16.3. The number of aromatic nitrogens is 1. The first-order chi connectivity index (χ1) is 21.3. The van der Waals surface area contributed by atoms with Crippen molar-refractivity contribution in [3.8, 4) is 16.3 Å². The molecule has 0 radical (unpaired) electrons. The van der Waals surface area contributed by atoms with Crippen molar-refractivity contribution in [3.05, 3.63) is 113 Å². The third-order valence-electron chi connectivity index (χ3n) is 8.10. The van der Waals surface area contributed by atoms with Gasteiger partial charge in [0, 0.05) is 57.9 Å². The van der Waals surface area contributed by atoms with Gasteiger partial charge in [0.15, 0.2) is 0 Å². The molecular formula is C35H27ClN4O3S. The molecule has 1 aliphatic heterocycles. The zero-order valence-electron chi connectivity index (χ0n) is 23.7. The number of thiazole rings is 1. The largest absolute Gasteiger partial charge is 0.507 e. The molecule has 7 nitrogen and oxygen atoms in total. The Morgan fingerprint density at radius 1 is 1.02 bits per heavy atom. The molecule has 1 unspecified atom stereocenters. The number of aromatic hydroxyl groups is 1. The Hall–Kier alpha value is -4.92. The minimum atomic E-state index is -0.216. The van der Waals surface area contributed by atoms with Crippen LogP contribution in [0.5, 0.6) is 5.75 Å². The summed E-state index contributed by atoms with van der Waals surface area (Å²) in [5.41, 5.74) is 12.5. The quantitative estimate of drug-likeness (QED) is 0.134. The highest BCUT2D eigenvalue weighted by Gasteiger charge is 2.35. The Morgan fingerprint density at radius 3 is 2.52 bits per heavy atom. The number of nitrogens with two attached hydrogens (primary N) is 1. The van der Waals surface area contributed by atoms with Gasteiger partial charge in [0.25, 0.3) is 11.8 Å². The van der Waals surface area contributed by atoms with E-state index in [1.165, 1.54) is 11.3 Å². The van der Waals surface area contributed by atoms with Gasteiger partial charge >= 0.3 is 0 Å². The number of carbonyl (C=O) groups excluding carboxylic acids is 2. The van der Waals surface area contributed by atoms with Gasteiger partial charge in [-0.1, -0.05) is 18.2 Å². The maximum Gasteiger partial charge on any atom is 0.258 e. The van der Waals surface area contributed by atoms with E-state index in [0.717, 1.165) is 42.7 Å². The van der Waals surface area contributed by atoms with Crippen LogP contribution in [-0.2, 0) is 0 Å². The van der Waals surface area contributed by atoms with Gasteiger partial charge in [-0.2, -0.15) is 0 Å². The van der Waals surface area contributed by atoms with Gasteiger partial charge in [0.2, 0.25) is 0 Å². The molecule has 0 spiro atoms. The summed E-state index contributed by atoms with van der Waals surface area (Å²) >= 11 is 7.92. The number of rotatable bonds is 5. The van der Waals surface area contributed by atoms with Crippen LogP contribution in [0.4, 0.5) is 17.1 Å². The lowest BCUT2D eigenvalue weighted by molar-refractivity contribution is 0.0987. The number of benzene rings is 5. The average Bonchev–Trinajstić information content (AvgIpc) is 3.63. The lowest BCUT2D eigenvalue weighted by atomic mass is 9.92. The number of nitrogens with zero attached hydrogens (tertiary/aromatic N) is 2. The smallest absolute Gasteiger partial charge is 0.258 e. The van der Waals surface area contributed by atoms with Gasteiger partial charge < -0.3 is 21.1 Å². The number of nitrogens with one attached hydrogen (secondary N) is 1. The summed E-state index contributed by atoms with van der Waals surface area (Å²) in [6, 6.07) is 27.3. The van der Waals surface area contributed by atoms with Crippen LogP contribution < -0.4 is 16.0 Å². The van der Waals surface area contributed by atoms with Crippen molar-refractivity contribution >= 4 is 72.8 Å². The summed E-state index contributed by atoms with van der Waals surface area (Å²) in [6.07, 6.45) is 0. The fourth-order valence-corrected chi connectivity index (χ4v) is 7.15. The number of amides is 2. The van der Waals surface area contributed by atoms with Crippen LogP contribution in [0.2, 0.25) is 0 Å². The Balaban J connectivity index is 1.15. The lowest BCUT2D eigenvalue weighted by Gasteiger charge is -2.19. The molecule has 4 N–H and O–H groups in total. The first-order valence-corrected chi connectivity index (χ1v) is 15.5. The molecule has 2 heterocycles. The predicted octanol–water partition coefficient (Wildman–Crippen LogP) is 7.95. The number of halogens is 1. The summed E-state index contributed by atoms with van der Waals surface area (Å²) < 4.78 is 0.886. The second kappa shape index (κ2) is 11.0. The van der Waals surface area contributed by atoms with E-state index in [-0.39, 0.29) is 23.5 Å². The first-order valence-electron chi connectivity index (χ1n) is 14.1.